The van der Waals surface area contributed by atoms with Gasteiger partial charge in [0.15, 0.2) is 0 Å². The zero-order valence-corrected chi connectivity index (χ0v) is 12.5. The summed E-state index contributed by atoms with van der Waals surface area (Å²) in [4.78, 5) is 9.63. The van der Waals surface area contributed by atoms with Crippen LogP contribution >= 0.6 is 0 Å². The number of aryl methyl sites for hydroxylation is 1. The van der Waals surface area contributed by atoms with E-state index in [9.17, 15) is 0 Å². The summed E-state index contributed by atoms with van der Waals surface area (Å²) in [7, 11) is 0. The van der Waals surface area contributed by atoms with E-state index >= 15 is 0 Å². The second-order valence-corrected chi connectivity index (χ2v) is 6.49. The quantitative estimate of drug-likeness (QED) is 0.782. The first-order chi connectivity index (χ1) is 9.84. The maximum Gasteiger partial charge on any atom is 0.134 e. The lowest BCUT2D eigenvalue weighted by Gasteiger charge is -2.20. The van der Waals surface area contributed by atoms with E-state index in [1.807, 2.05) is 0 Å². The molecule has 0 atom stereocenters. The van der Waals surface area contributed by atoms with E-state index in [4.69, 9.17) is 15.7 Å². The number of anilines is 1. The average Bonchev–Trinajstić information content (AvgIpc) is 2.63. The fourth-order valence-corrected chi connectivity index (χ4v) is 3.72. The zero-order chi connectivity index (χ0) is 13.8. The molecule has 1 aromatic heterocycles. The molecule has 2 aliphatic carbocycles. The van der Waals surface area contributed by atoms with E-state index in [-0.39, 0.29) is 0 Å². The molecular formula is C17H27N3. The number of aromatic nitrogens is 2. The molecule has 3 rings (SSSR count). The molecule has 0 saturated heterocycles. The largest absolute Gasteiger partial charge is 0.383 e. The maximum atomic E-state index is 6.24. The van der Waals surface area contributed by atoms with Gasteiger partial charge in [0.25, 0.3) is 0 Å². The summed E-state index contributed by atoms with van der Waals surface area (Å²) in [6.45, 7) is 0. The van der Waals surface area contributed by atoms with Crippen molar-refractivity contribution in [2.45, 2.75) is 83.0 Å². The minimum Gasteiger partial charge on any atom is -0.383 e. The van der Waals surface area contributed by atoms with Crippen molar-refractivity contribution in [1.82, 2.24) is 9.97 Å². The van der Waals surface area contributed by atoms with Crippen LogP contribution in [0.25, 0.3) is 0 Å². The van der Waals surface area contributed by atoms with Crippen molar-refractivity contribution in [2.75, 3.05) is 5.73 Å². The minimum absolute atomic E-state index is 0.547. The summed E-state index contributed by atoms with van der Waals surface area (Å²) in [6, 6.07) is 0. The number of hydrogen-bond acceptors (Lipinski definition) is 3. The molecule has 1 fully saturated rings. The van der Waals surface area contributed by atoms with Gasteiger partial charge in [-0.1, -0.05) is 38.5 Å². The van der Waals surface area contributed by atoms with E-state index in [0.29, 0.717) is 5.92 Å². The summed E-state index contributed by atoms with van der Waals surface area (Å²) in [6.07, 6.45) is 15.3. The monoisotopic (exact) mass is 273 g/mol. The van der Waals surface area contributed by atoms with Crippen molar-refractivity contribution in [3.8, 4) is 0 Å². The first-order valence-electron chi connectivity index (χ1n) is 8.50. The summed E-state index contributed by atoms with van der Waals surface area (Å²) in [5, 5.41) is 0. The number of hydrogen-bond donors (Lipinski definition) is 1. The van der Waals surface area contributed by atoms with Gasteiger partial charge in [0.2, 0.25) is 0 Å². The van der Waals surface area contributed by atoms with Crippen LogP contribution in [-0.4, -0.2) is 9.97 Å². The molecule has 1 heterocycles. The summed E-state index contributed by atoms with van der Waals surface area (Å²) in [5.74, 6) is 2.37. The Bertz CT molecular complexity index is 448. The minimum atomic E-state index is 0.547. The molecule has 1 aromatic rings. The highest BCUT2D eigenvalue weighted by molar-refractivity contribution is 5.43. The van der Waals surface area contributed by atoms with Gasteiger partial charge >= 0.3 is 0 Å². The number of nitrogen functional groups attached to an aromatic ring is 1. The Morgan fingerprint density at radius 2 is 1.40 bits per heavy atom. The first kappa shape index (κ1) is 13.8. The van der Waals surface area contributed by atoms with Crippen LogP contribution < -0.4 is 5.73 Å². The molecule has 1 saturated carbocycles. The van der Waals surface area contributed by atoms with Crippen molar-refractivity contribution in [1.29, 1.82) is 0 Å². The molecule has 20 heavy (non-hydrogen) atoms. The van der Waals surface area contributed by atoms with Crippen molar-refractivity contribution in [2.24, 2.45) is 0 Å². The van der Waals surface area contributed by atoms with E-state index in [1.165, 1.54) is 75.5 Å². The lowest BCUT2D eigenvalue weighted by atomic mass is 9.90. The van der Waals surface area contributed by atoms with E-state index < -0.39 is 0 Å². The highest BCUT2D eigenvalue weighted by Crippen LogP contribution is 2.31. The van der Waals surface area contributed by atoms with Gasteiger partial charge in [0.05, 0.1) is 0 Å². The normalized spacial score (nSPS) is 21.6. The molecule has 0 amide bonds. The SMILES string of the molecule is Nc1nc(C2CCCCCCC2)nc2c1CCCCC2. The molecule has 110 valence electrons. The average molecular weight is 273 g/mol. The Hall–Kier alpha value is -1.12. The van der Waals surface area contributed by atoms with Crippen LogP contribution in [0.4, 0.5) is 5.82 Å². The van der Waals surface area contributed by atoms with Gasteiger partial charge in [-0.05, 0) is 38.5 Å². The Morgan fingerprint density at radius 3 is 2.20 bits per heavy atom. The molecular weight excluding hydrogens is 246 g/mol. The summed E-state index contributed by atoms with van der Waals surface area (Å²) >= 11 is 0. The Morgan fingerprint density at radius 1 is 0.750 bits per heavy atom. The van der Waals surface area contributed by atoms with E-state index in [0.717, 1.165) is 24.5 Å². The van der Waals surface area contributed by atoms with Gasteiger partial charge in [0.1, 0.15) is 11.6 Å². The van der Waals surface area contributed by atoms with Gasteiger partial charge in [0, 0.05) is 17.2 Å². The van der Waals surface area contributed by atoms with Crippen LogP contribution in [0.2, 0.25) is 0 Å². The zero-order valence-electron chi connectivity index (χ0n) is 12.5. The Labute approximate surface area is 122 Å². The Kier molecular flexibility index (Phi) is 4.54. The molecule has 0 radical (unpaired) electrons. The number of nitrogens with zero attached hydrogens (tertiary/aromatic N) is 2. The summed E-state index contributed by atoms with van der Waals surface area (Å²) in [5.41, 5.74) is 8.74. The molecule has 3 heteroatoms. The smallest absolute Gasteiger partial charge is 0.134 e. The fraction of sp³-hybridized carbons (Fsp3) is 0.765. The molecule has 0 bridgehead atoms. The third-order valence-electron chi connectivity index (χ3n) is 4.95. The standard InChI is InChI=1S/C17H27N3/c18-16-14-11-7-4-8-12-15(14)19-17(20-16)13-9-5-2-1-3-6-10-13/h13H,1-12H2,(H2,18,19,20). The molecule has 2 aliphatic rings. The predicted molar refractivity (Wildman–Crippen MR) is 82.8 cm³/mol. The van der Waals surface area contributed by atoms with Crippen LogP contribution in [0.3, 0.4) is 0 Å². The number of fused-ring (bicyclic) bond motifs is 1. The lowest BCUT2D eigenvalue weighted by Crippen LogP contribution is -2.13. The second-order valence-electron chi connectivity index (χ2n) is 6.49. The van der Waals surface area contributed by atoms with Gasteiger partial charge in [-0.15, -0.1) is 0 Å². The van der Waals surface area contributed by atoms with Gasteiger partial charge in [-0.25, -0.2) is 9.97 Å². The fourth-order valence-electron chi connectivity index (χ4n) is 3.72. The highest BCUT2D eigenvalue weighted by Gasteiger charge is 2.20. The van der Waals surface area contributed by atoms with Crippen molar-refractivity contribution >= 4 is 5.82 Å². The highest BCUT2D eigenvalue weighted by atomic mass is 15.0. The van der Waals surface area contributed by atoms with E-state index in [2.05, 4.69) is 0 Å². The van der Waals surface area contributed by atoms with Crippen LogP contribution in [0, 0.1) is 0 Å². The van der Waals surface area contributed by atoms with E-state index in [1.54, 1.807) is 0 Å². The maximum absolute atomic E-state index is 6.24. The van der Waals surface area contributed by atoms with Gasteiger partial charge in [-0.2, -0.15) is 0 Å². The molecule has 0 aromatic carbocycles. The topological polar surface area (TPSA) is 51.8 Å². The van der Waals surface area contributed by atoms with Gasteiger partial charge in [-0.3, -0.25) is 0 Å². The molecule has 0 aliphatic heterocycles. The summed E-state index contributed by atoms with van der Waals surface area (Å²) < 4.78 is 0. The third kappa shape index (κ3) is 3.13. The van der Waals surface area contributed by atoms with Crippen LogP contribution in [0.5, 0.6) is 0 Å². The van der Waals surface area contributed by atoms with Crippen LogP contribution in [0.1, 0.15) is 87.2 Å². The molecule has 0 unspecified atom stereocenters. The first-order valence-corrected chi connectivity index (χ1v) is 8.50. The van der Waals surface area contributed by atoms with Crippen LogP contribution in [-0.2, 0) is 12.8 Å². The van der Waals surface area contributed by atoms with Gasteiger partial charge < -0.3 is 5.73 Å². The van der Waals surface area contributed by atoms with Crippen LogP contribution in [0.15, 0.2) is 0 Å². The number of nitrogens with two attached hydrogens (primary N) is 1. The van der Waals surface area contributed by atoms with Crippen molar-refractivity contribution < 1.29 is 0 Å². The van der Waals surface area contributed by atoms with Crippen molar-refractivity contribution in [3.05, 3.63) is 17.1 Å². The Balaban J connectivity index is 1.85. The predicted octanol–water partition coefficient (Wildman–Crippen LogP) is 4.16. The van der Waals surface area contributed by atoms with Crippen molar-refractivity contribution in [3.63, 3.8) is 0 Å². The molecule has 0 spiro atoms. The number of rotatable bonds is 1. The molecule has 2 N–H and O–H groups in total. The molecule has 3 nitrogen and oxygen atoms in total. The second kappa shape index (κ2) is 6.55. The third-order valence-corrected chi connectivity index (χ3v) is 4.95. The lowest BCUT2D eigenvalue weighted by molar-refractivity contribution is 0.441.